The molecule has 0 saturated carbocycles. The van der Waals surface area contributed by atoms with Gasteiger partial charge in [-0.1, -0.05) is 0 Å². The van der Waals surface area contributed by atoms with Gasteiger partial charge in [0.1, 0.15) is 17.6 Å². The Kier molecular flexibility index (Phi) is 7.18. The maximum absolute atomic E-state index is 12.6. The number of amides is 1. The number of ether oxygens (including phenoxy) is 4. The Bertz CT molecular complexity index is 1150. The van der Waals surface area contributed by atoms with E-state index in [1.165, 1.54) is 21.3 Å². The van der Waals surface area contributed by atoms with Gasteiger partial charge in [-0.2, -0.15) is 5.26 Å². The van der Waals surface area contributed by atoms with Crippen LogP contribution >= 0.6 is 0 Å². The average molecular weight is 436 g/mol. The number of pyridine rings is 1. The van der Waals surface area contributed by atoms with Crippen molar-refractivity contribution in [3.8, 4) is 29.1 Å². The van der Waals surface area contributed by atoms with Crippen molar-refractivity contribution >= 4 is 22.6 Å². The van der Waals surface area contributed by atoms with E-state index < -0.39 is 0 Å². The zero-order valence-electron chi connectivity index (χ0n) is 18.3. The molecule has 32 heavy (non-hydrogen) atoms. The fraction of sp³-hybridized carbons (Fsp3) is 0.261. The predicted molar refractivity (Wildman–Crippen MR) is 120 cm³/mol. The molecule has 1 amide bonds. The number of nitrogens with zero attached hydrogens (tertiary/aromatic N) is 2. The summed E-state index contributed by atoms with van der Waals surface area (Å²) in [5, 5.41) is 16.2. The van der Waals surface area contributed by atoms with Gasteiger partial charge in [0.15, 0.2) is 11.5 Å². The minimum atomic E-state index is -0.301. The summed E-state index contributed by atoms with van der Waals surface area (Å²) in [4.78, 5) is 17.1. The van der Waals surface area contributed by atoms with Crippen LogP contribution < -0.4 is 29.6 Å². The van der Waals surface area contributed by atoms with Crippen LogP contribution in [0.15, 0.2) is 36.4 Å². The summed E-state index contributed by atoms with van der Waals surface area (Å²) < 4.78 is 21.1. The average Bonchev–Trinajstić information content (AvgIpc) is 2.84. The van der Waals surface area contributed by atoms with Crippen LogP contribution in [0.25, 0.3) is 10.9 Å². The molecular formula is C23H24N4O5. The Morgan fingerprint density at radius 3 is 2.28 bits per heavy atom. The van der Waals surface area contributed by atoms with E-state index in [-0.39, 0.29) is 5.91 Å². The highest BCUT2D eigenvalue weighted by molar-refractivity contribution is 5.95. The van der Waals surface area contributed by atoms with Crippen LogP contribution in [-0.4, -0.2) is 52.4 Å². The summed E-state index contributed by atoms with van der Waals surface area (Å²) in [5.74, 6) is 2.05. The van der Waals surface area contributed by atoms with Crippen molar-refractivity contribution in [2.75, 3.05) is 46.8 Å². The van der Waals surface area contributed by atoms with E-state index >= 15 is 0 Å². The highest BCUT2D eigenvalue weighted by Crippen LogP contribution is 2.38. The van der Waals surface area contributed by atoms with Crippen molar-refractivity contribution in [3.05, 3.63) is 47.5 Å². The first-order valence-corrected chi connectivity index (χ1v) is 9.75. The van der Waals surface area contributed by atoms with E-state index in [1.807, 2.05) is 18.2 Å². The zero-order valence-corrected chi connectivity index (χ0v) is 18.3. The predicted octanol–water partition coefficient (Wildman–Crippen LogP) is 2.98. The summed E-state index contributed by atoms with van der Waals surface area (Å²) in [6, 6.07) is 12.5. The second kappa shape index (κ2) is 10.2. The molecule has 0 atom stereocenters. The lowest BCUT2D eigenvalue weighted by Crippen LogP contribution is -2.29. The third kappa shape index (κ3) is 4.75. The molecule has 9 heteroatoms. The molecule has 1 aromatic heterocycles. The smallest absolute Gasteiger partial charge is 0.251 e. The van der Waals surface area contributed by atoms with Gasteiger partial charge in [-0.15, -0.1) is 0 Å². The summed E-state index contributed by atoms with van der Waals surface area (Å²) >= 11 is 0. The zero-order chi connectivity index (χ0) is 23.1. The molecule has 3 aromatic rings. The molecule has 3 rings (SSSR count). The van der Waals surface area contributed by atoms with Crippen molar-refractivity contribution in [1.29, 1.82) is 5.26 Å². The molecule has 2 aromatic carbocycles. The number of aromatic nitrogens is 1. The number of rotatable bonds is 9. The Morgan fingerprint density at radius 1 is 0.969 bits per heavy atom. The standard InChI is InChI=1S/C23H24N4O5/c1-29-17-5-6-18-14(10-17)9-16(13-24)22(27-18)25-7-8-26-23(28)15-11-19(30-2)21(32-4)20(12-15)31-3/h5-6,9-12H,7-8H2,1-4H3,(H,25,27)(H,26,28). The Morgan fingerprint density at radius 2 is 1.69 bits per heavy atom. The van der Waals surface area contributed by atoms with Gasteiger partial charge >= 0.3 is 0 Å². The Hall–Kier alpha value is -4.19. The molecule has 0 aliphatic carbocycles. The maximum atomic E-state index is 12.6. The monoisotopic (exact) mass is 436 g/mol. The normalized spacial score (nSPS) is 10.2. The van der Waals surface area contributed by atoms with E-state index in [9.17, 15) is 10.1 Å². The summed E-state index contributed by atoms with van der Waals surface area (Å²) in [6.07, 6.45) is 0. The summed E-state index contributed by atoms with van der Waals surface area (Å²) in [5.41, 5.74) is 1.51. The van der Waals surface area contributed by atoms with Crippen molar-refractivity contribution in [3.63, 3.8) is 0 Å². The first-order valence-electron chi connectivity index (χ1n) is 9.75. The number of carbonyl (C=O) groups excluding carboxylic acids is 1. The molecule has 166 valence electrons. The van der Waals surface area contributed by atoms with Crippen LogP contribution in [-0.2, 0) is 0 Å². The molecule has 9 nitrogen and oxygen atoms in total. The van der Waals surface area contributed by atoms with E-state index in [4.69, 9.17) is 18.9 Å². The molecule has 0 spiro atoms. The number of benzene rings is 2. The van der Waals surface area contributed by atoms with Crippen molar-refractivity contribution in [1.82, 2.24) is 10.3 Å². The van der Waals surface area contributed by atoms with Gasteiger partial charge in [0.05, 0.1) is 39.5 Å². The third-order valence-corrected chi connectivity index (χ3v) is 4.77. The van der Waals surface area contributed by atoms with Gasteiger partial charge < -0.3 is 29.6 Å². The molecule has 0 aliphatic heterocycles. The van der Waals surface area contributed by atoms with Crippen molar-refractivity contribution in [2.45, 2.75) is 0 Å². The minimum absolute atomic E-state index is 0.301. The maximum Gasteiger partial charge on any atom is 0.251 e. The number of hydrogen-bond donors (Lipinski definition) is 2. The third-order valence-electron chi connectivity index (χ3n) is 4.77. The number of hydrogen-bond acceptors (Lipinski definition) is 8. The largest absolute Gasteiger partial charge is 0.497 e. The summed E-state index contributed by atoms with van der Waals surface area (Å²) in [7, 11) is 6.06. The minimum Gasteiger partial charge on any atom is -0.497 e. The first kappa shape index (κ1) is 22.5. The molecule has 2 N–H and O–H groups in total. The van der Waals surface area contributed by atoms with Crippen LogP contribution in [0, 0.1) is 11.3 Å². The van der Waals surface area contributed by atoms with Crippen molar-refractivity contribution in [2.24, 2.45) is 0 Å². The first-order chi connectivity index (χ1) is 15.5. The van der Waals surface area contributed by atoms with E-state index in [0.29, 0.717) is 53.0 Å². The lowest BCUT2D eigenvalue weighted by molar-refractivity contribution is 0.0954. The van der Waals surface area contributed by atoms with E-state index in [2.05, 4.69) is 21.7 Å². The number of carbonyl (C=O) groups is 1. The van der Waals surface area contributed by atoms with Gasteiger partial charge in [-0.3, -0.25) is 4.79 Å². The molecular weight excluding hydrogens is 412 g/mol. The Labute approximate surface area is 185 Å². The molecule has 0 bridgehead atoms. The lowest BCUT2D eigenvalue weighted by Gasteiger charge is -2.14. The van der Waals surface area contributed by atoms with E-state index in [0.717, 1.165) is 10.9 Å². The van der Waals surface area contributed by atoms with Crippen molar-refractivity contribution < 1.29 is 23.7 Å². The number of nitrogens with one attached hydrogen (secondary N) is 2. The molecule has 0 fully saturated rings. The van der Waals surface area contributed by atoms with Gasteiger partial charge in [0, 0.05) is 24.0 Å². The van der Waals surface area contributed by atoms with Crippen LogP contribution in [0.3, 0.4) is 0 Å². The quantitative estimate of drug-likeness (QED) is 0.492. The lowest BCUT2D eigenvalue weighted by atomic mass is 10.1. The van der Waals surface area contributed by atoms with Gasteiger partial charge in [-0.25, -0.2) is 4.98 Å². The molecule has 1 heterocycles. The van der Waals surface area contributed by atoms with E-state index in [1.54, 1.807) is 25.3 Å². The Balaban J connectivity index is 1.67. The topological polar surface area (TPSA) is 115 Å². The number of anilines is 1. The van der Waals surface area contributed by atoms with Gasteiger partial charge in [0.2, 0.25) is 5.75 Å². The highest BCUT2D eigenvalue weighted by atomic mass is 16.5. The highest BCUT2D eigenvalue weighted by Gasteiger charge is 2.17. The van der Waals surface area contributed by atoms with Gasteiger partial charge in [-0.05, 0) is 36.4 Å². The van der Waals surface area contributed by atoms with Crippen LogP contribution in [0.5, 0.6) is 23.0 Å². The van der Waals surface area contributed by atoms with Crippen LogP contribution in [0.4, 0.5) is 5.82 Å². The molecule has 0 saturated heterocycles. The second-order valence-electron chi connectivity index (χ2n) is 6.65. The SMILES string of the molecule is COc1ccc2nc(NCCNC(=O)c3cc(OC)c(OC)c(OC)c3)c(C#N)cc2c1. The number of nitriles is 1. The van der Waals surface area contributed by atoms with Crippen LogP contribution in [0.2, 0.25) is 0 Å². The number of fused-ring (bicyclic) bond motifs is 1. The summed E-state index contributed by atoms with van der Waals surface area (Å²) in [6.45, 7) is 0.683. The molecule has 0 radical (unpaired) electrons. The molecule has 0 aliphatic rings. The second-order valence-corrected chi connectivity index (χ2v) is 6.65. The van der Waals surface area contributed by atoms with Crippen LogP contribution in [0.1, 0.15) is 15.9 Å². The fourth-order valence-electron chi connectivity index (χ4n) is 3.17. The van der Waals surface area contributed by atoms with Gasteiger partial charge in [0.25, 0.3) is 5.91 Å². The number of methoxy groups -OCH3 is 4. The molecule has 0 unspecified atom stereocenters. The fourth-order valence-corrected chi connectivity index (χ4v) is 3.17.